The lowest BCUT2D eigenvalue weighted by Crippen LogP contribution is -1.95. The highest BCUT2D eigenvalue weighted by molar-refractivity contribution is 9.10. The standard InChI is InChI=1S/C14H13BrO2/c15-13-5-7-14(8-6-13)17-10-12-3-1-11(9-16)2-4-12/h1-8,16H,9-10H2. The average Bonchev–Trinajstić information content (AvgIpc) is 2.39. The third kappa shape index (κ3) is 3.58. The van der Waals surface area contributed by atoms with Crippen molar-refractivity contribution in [3.8, 4) is 5.75 Å². The van der Waals surface area contributed by atoms with Crippen LogP contribution in [-0.2, 0) is 13.2 Å². The molecule has 0 aliphatic heterocycles. The Kier molecular flexibility index (Phi) is 4.18. The number of aliphatic hydroxyl groups excluding tert-OH is 1. The second kappa shape index (κ2) is 5.84. The molecule has 0 aromatic heterocycles. The minimum absolute atomic E-state index is 0.0772. The fourth-order valence-corrected chi connectivity index (χ4v) is 1.70. The van der Waals surface area contributed by atoms with Gasteiger partial charge >= 0.3 is 0 Å². The molecule has 0 aliphatic carbocycles. The lowest BCUT2D eigenvalue weighted by molar-refractivity contribution is 0.281. The molecule has 88 valence electrons. The van der Waals surface area contributed by atoms with Crippen molar-refractivity contribution in [1.82, 2.24) is 0 Å². The highest BCUT2D eigenvalue weighted by atomic mass is 79.9. The Morgan fingerprint density at radius 2 is 1.47 bits per heavy atom. The Morgan fingerprint density at radius 1 is 0.882 bits per heavy atom. The number of rotatable bonds is 4. The molecular formula is C14H13BrO2. The van der Waals surface area contributed by atoms with Gasteiger partial charge in [-0.25, -0.2) is 0 Å². The van der Waals surface area contributed by atoms with E-state index in [-0.39, 0.29) is 6.61 Å². The van der Waals surface area contributed by atoms with Gasteiger partial charge in [0.1, 0.15) is 12.4 Å². The quantitative estimate of drug-likeness (QED) is 0.934. The average molecular weight is 293 g/mol. The van der Waals surface area contributed by atoms with E-state index in [2.05, 4.69) is 15.9 Å². The molecule has 0 saturated carbocycles. The molecule has 0 saturated heterocycles. The molecule has 0 unspecified atom stereocenters. The third-order valence-electron chi connectivity index (χ3n) is 2.42. The summed E-state index contributed by atoms with van der Waals surface area (Å²) in [5.41, 5.74) is 2.00. The second-order valence-electron chi connectivity index (χ2n) is 3.72. The predicted molar refractivity (Wildman–Crippen MR) is 70.8 cm³/mol. The molecule has 0 aliphatic rings. The zero-order chi connectivity index (χ0) is 12.1. The van der Waals surface area contributed by atoms with Crippen molar-refractivity contribution in [2.75, 3.05) is 0 Å². The predicted octanol–water partition coefficient (Wildman–Crippen LogP) is 3.52. The van der Waals surface area contributed by atoms with Crippen LogP contribution in [0.25, 0.3) is 0 Å². The molecule has 2 aromatic rings. The van der Waals surface area contributed by atoms with Crippen LogP contribution < -0.4 is 4.74 Å². The maximum atomic E-state index is 8.93. The largest absolute Gasteiger partial charge is 0.489 e. The molecule has 1 N–H and O–H groups in total. The van der Waals surface area contributed by atoms with Gasteiger partial charge in [0, 0.05) is 4.47 Å². The topological polar surface area (TPSA) is 29.5 Å². The minimum Gasteiger partial charge on any atom is -0.489 e. The van der Waals surface area contributed by atoms with Gasteiger partial charge in [-0.15, -0.1) is 0 Å². The molecular weight excluding hydrogens is 280 g/mol. The zero-order valence-electron chi connectivity index (χ0n) is 9.27. The maximum Gasteiger partial charge on any atom is 0.119 e. The molecule has 0 spiro atoms. The van der Waals surface area contributed by atoms with Crippen molar-refractivity contribution in [1.29, 1.82) is 0 Å². The fourth-order valence-electron chi connectivity index (χ4n) is 1.44. The number of benzene rings is 2. The summed E-state index contributed by atoms with van der Waals surface area (Å²) in [6, 6.07) is 15.5. The highest BCUT2D eigenvalue weighted by Crippen LogP contribution is 2.17. The Morgan fingerprint density at radius 3 is 2.06 bits per heavy atom. The van der Waals surface area contributed by atoms with Gasteiger partial charge in [-0.1, -0.05) is 40.2 Å². The molecule has 0 amide bonds. The van der Waals surface area contributed by atoms with E-state index in [9.17, 15) is 0 Å². The molecule has 0 atom stereocenters. The summed E-state index contributed by atoms with van der Waals surface area (Å²) >= 11 is 3.38. The number of hydrogen-bond donors (Lipinski definition) is 1. The smallest absolute Gasteiger partial charge is 0.119 e. The van der Waals surface area contributed by atoms with Gasteiger partial charge in [0.15, 0.2) is 0 Å². The van der Waals surface area contributed by atoms with E-state index in [1.54, 1.807) is 0 Å². The van der Waals surface area contributed by atoms with Crippen molar-refractivity contribution in [3.63, 3.8) is 0 Å². The van der Waals surface area contributed by atoms with Crippen LogP contribution >= 0.6 is 15.9 Å². The molecule has 0 bridgehead atoms. The second-order valence-corrected chi connectivity index (χ2v) is 4.63. The summed E-state index contributed by atoms with van der Waals surface area (Å²) in [7, 11) is 0. The van der Waals surface area contributed by atoms with Gasteiger partial charge in [0.05, 0.1) is 6.61 Å². The molecule has 2 nitrogen and oxygen atoms in total. The van der Waals surface area contributed by atoms with Crippen molar-refractivity contribution in [2.45, 2.75) is 13.2 Å². The van der Waals surface area contributed by atoms with Gasteiger partial charge in [0.25, 0.3) is 0 Å². The number of aliphatic hydroxyl groups is 1. The Hall–Kier alpha value is -1.32. The minimum atomic E-state index is 0.0772. The van der Waals surface area contributed by atoms with Crippen molar-refractivity contribution < 1.29 is 9.84 Å². The van der Waals surface area contributed by atoms with Crippen LogP contribution in [0.5, 0.6) is 5.75 Å². The van der Waals surface area contributed by atoms with E-state index >= 15 is 0 Å². The molecule has 3 heteroatoms. The van der Waals surface area contributed by atoms with E-state index < -0.39 is 0 Å². The normalized spacial score (nSPS) is 10.2. The van der Waals surface area contributed by atoms with Crippen LogP contribution in [-0.4, -0.2) is 5.11 Å². The third-order valence-corrected chi connectivity index (χ3v) is 2.95. The Balaban J connectivity index is 1.95. The Bertz CT molecular complexity index is 463. The first-order chi connectivity index (χ1) is 8.28. The SMILES string of the molecule is OCc1ccc(COc2ccc(Br)cc2)cc1. The first-order valence-electron chi connectivity index (χ1n) is 5.35. The van der Waals surface area contributed by atoms with Gasteiger partial charge in [0.2, 0.25) is 0 Å². The zero-order valence-corrected chi connectivity index (χ0v) is 10.9. The summed E-state index contributed by atoms with van der Waals surface area (Å²) in [5.74, 6) is 0.847. The number of hydrogen-bond acceptors (Lipinski definition) is 2. The first kappa shape index (κ1) is 12.1. The molecule has 17 heavy (non-hydrogen) atoms. The van der Waals surface area contributed by atoms with Gasteiger partial charge in [-0.3, -0.25) is 0 Å². The van der Waals surface area contributed by atoms with Crippen LogP contribution in [0.15, 0.2) is 53.0 Å². The summed E-state index contributed by atoms with van der Waals surface area (Å²) < 4.78 is 6.68. The van der Waals surface area contributed by atoms with Crippen molar-refractivity contribution in [3.05, 3.63) is 64.1 Å². The highest BCUT2D eigenvalue weighted by Gasteiger charge is 1.96. The van der Waals surface area contributed by atoms with Crippen LogP contribution in [0.4, 0.5) is 0 Å². The van der Waals surface area contributed by atoms with E-state index in [0.29, 0.717) is 6.61 Å². The molecule has 2 aromatic carbocycles. The number of ether oxygens (including phenoxy) is 1. The Labute approximate surface area is 109 Å². The van der Waals surface area contributed by atoms with E-state index in [1.165, 1.54) is 0 Å². The fraction of sp³-hybridized carbons (Fsp3) is 0.143. The van der Waals surface area contributed by atoms with E-state index in [4.69, 9.17) is 9.84 Å². The molecule has 0 radical (unpaired) electrons. The summed E-state index contributed by atoms with van der Waals surface area (Å²) in [5, 5.41) is 8.93. The van der Waals surface area contributed by atoms with Gasteiger partial charge in [-0.05, 0) is 35.4 Å². The van der Waals surface area contributed by atoms with Gasteiger partial charge in [-0.2, -0.15) is 0 Å². The first-order valence-corrected chi connectivity index (χ1v) is 6.14. The maximum absolute atomic E-state index is 8.93. The van der Waals surface area contributed by atoms with Crippen molar-refractivity contribution >= 4 is 15.9 Å². The monoisotopic (exact) mass is 292 g/mol. The molecule has 0 fully saturated rings. The summed E-state index contributed by atoms with van der Waals surface area (Å²) in [4.78, 5) is 0. The van der Waals surface area contributed by atoms with Crippen LogP contribution in [0.2, 0.25) is 0 Å². The van der Waals surface area contributed by atoms with Crippen LogP contribution in [0.1, 0.15) is 11.1 Å². The molecule has 2 rings (SSSR count). The molecule has 0 heterocycles. The van der Waals surface area contributed by atoms with E-state index in [0.717, 1.165) is 21.3 Å². The van der Waals surface area contributed by atoms with Crippen molar-refractivity contribution in [2.24, 2.45) is 0 Å². The summed E-state index contributed by atoms with van der Waals surface area (Å²) in [6.07, 6.45) is 0. The summed E-state index contributed by atoms with van der Waals surface area (Å²) in [6.45, 7) is 0.612. The van der Waals surface area contributed by atoms with Gasteiger partial charge < -0.3 is 9.84 Å². The lowest BCUT2D eigenvalue weighted by atomic mass is 10.1. The number of halogens is 1. The van der Waals surface area contributed by atoms with Crippen LogP contribution in [0.3, 0.4) is 0 Å². The van der Waals surface area contributed by atoms with E-state index in [1.807, 2.05) is 48.5 Å². The van der Waals surface area contributed by atoms with Crippen LogP contribution in [0, 0.1) is 0 Å². The lowest BCUT2D eigenvalue weighted by Gasteiger charge is -2.06.